The highest BCUT2D eigenvalue weighted by Crippen LogP contribution is 2.53. The van der Waals surface area contributed by atoms with E-state index in [1.54, 1.807) is 0 Å². The van der Waals surface area contributed by atoms with Crippen LogP contribution in [0.15, 0.2) is 12.3 Å². The van der Waals surface area contributed by atoms with Gasteiger partial charge in [-0.15, -0.1) is 11.6 Å². The Hall–Kier alpha value is -1.09. The maximum atomic E-state index is 5.95. The second-order valence-electron chi connectivity index (χ2n) is 6.37. The molecule has 0 aromatic carbocycles. The van der Waals surface area contributed by atoms with E-state index in [1.807, 2.05) is 12.3 Å². The summed E-state index contributed by atoms with van der Waals surface area (Å²) in [5.74, 6) is 2.40. The average Bonchev–Trinajstić information content (AvgIpc) is 3.11. The Kier molecular flexibility index (Phi) is 3.49. The van der Waals surface area contributed by atoms with Crippen molar-refractivity contribution in [3.8, 4) is 0 Å². The van der Waals surface area contributed by atoms with E-state index in [0.29, 0.717) is 17.2 Å². The van der Waals surface area contributed by atoms with Gasteiger partial charge in [0.05, 0.1) is 0 Å². The van der Waals surface area contributed by atoms with Crippen LogP contribution in [0.3, 0.4) is 0 Å². The van der Waals surface area contributed by atoms with Crippen LogP contribution in [-0.2, 0) is 13.0 Å². The highest BCUT2D eigenvalue weighted by molar-refractivity contribution is 6.17. The molecule has 3 nitrogen and oxygen atoms in total. The van der Waals surface area contributed by atoms with Crippen molar-refractivity contribution < 1.29 is 0 Å². The van der Waals surface area contributed by atoms with Crippen LogP contribution >= 0.6 is 11.6 Å². The van der Waals surface area contributed by atoms with E-state index in [9.17, 15) is 0 Å². The molecule has 0 unspecified atom stereocenters. The van der Waals surface area contributed by atoms with Crippen LogP contribution in [0.5, 0.6) is 0 Å². The van der Waals surface area contributed by atoms with Gasteiger partial charge in [-0.1, -0.05) is 13.8 Å². The summed E-state index contributed by atoms with van der Waals surface area (Å²) in [6.07, 6.45) is 5.33. The van der Waals surface area contributed by atoms with Gasteiger partial charge in [-0.05, 0) is 42.7 Å². The molecule has 3 rings (SSSR count). The van der Waals surface area contributed by atoms with Crippen molar-refractivity contribution >= 4 is 22.8 Å². The Bertz CT molecular complexity index is 626. The number of rotatable bonds is 5. The summed E-state index contributed by atoms with van der Waals surface area (Å²) in [7, 11) is 0. The van der Waals surface area contributed by atoms with Crippen LogP contribution in [0.2, 0.25) is 0 Å². The van der Waals surface area contributed by atoms with E-state index < -0.39 is 0 Å². The van der Waals surface area contributed by atoms with Crippen LogP contribution in [0.4, 0.5) is 0 Å². The molecule has 0 radical (unpaired) electrons. The predicted molar refractivity (Wildman–Crippen MR) is 83.2 cm³/mol. The topological polar surface area (TPSA) is 30.7 Å². The van der Waals surface area contributed by atoms with Gasteiger partial charge in [-0.2, -0.15) is 0 Å². The monoisotopic (exact) mass is 291 g/mol. The summed E-state index contributed by atoms with van der Waals surface area (Å²) >= 11 is 5.95. The molecule has 0 amide bonds. The molecule has 2 aromatic rings. The van der Waals surface area contributed by atoms with Crippen LogP contribution < -0.4 is 0 Å². The van der Waals surface area contributed by atoms with E-state index in [4.69, 9.17) is 16.6 Å². The molecule has 0 atom stereocenters. The number of aryl methyl sites for hydroxylation is 2. The van der Waals surface area contributed by atoms with Gasteiger partial charge < -0.3 is 4.57 Å². The van der Waals surface area contributed by atoms with Gasteiger partial charge in [0.15, 0.2) is 5.65 Å². The minimum absolute atomic E-state index is 0.445. The highest BCUT2D eigenvalue weighted by atomic mass is 35.5. The number of aromatic nitrogens is 3. The predicted octanol–water partition coefficient (Wildman–Crippen LogP) is 3.96. The lowest BCUT2D eigenvalue weighted by Gasteiger charge is -2.21. The Morgan fingerprint density at radius 3 is 2.75 bits per heavy atom. The van der Waals surface area contributed by atoms with E-state index in [0.717, 1.165) is 30.0 Å². The zero-order chi connectivity index (χ0) is 14.3. The first-order chi connectivity index (χ1) is 9.57. The van der Waals surface area contributed by atoms with Crippen molar-refractivity contribution in [1.82, 2.24) is 14.5 Å². The Morgan fingerprint density at radius 1 is 1.40 bits per heavy atom. The quantitative estimate of drug-likeness (QED) is 0.781. The number of fused-ring (bicyclic) bond motifs is 1. The lowest BCUT2D eigenvalue weighted by molar-refractivity contribution is 0.308. The largest absolute Gasteiger partial charge is 0.312 e. The minimum Gasteiger partial charge on any atom is -0.312 e. The fraction of sp³-hybridized carbons (Fsp3) is 0.625. The van der Waals surface area contributed by atoms with Crippen molar-refractivity contribution in [2.45, 2.75) is 46.6 Å². The first kappa shape index (κ1) is 13.9. The van der Waals surface area contributed by atoms with E-state index in [-0.39, 0.29) is 0 Å². The summed E-state index contributed by atoms with van der Waals surface area (Å²) < 4.78 is 2.32. The molecule has 2 aromatic heterocycles. The maximum absolute atomic E-state index is 5.95. The molecule has 0 spiro atoms. The van der Waals surface area contributed by atoms with Crippen molar-refractivity contribution in [1.29, 1.82) is 0 Å². The molecule has 0 bridgehead atoms. The van der Waals surface area contributed by atoms with E-state index in [2.05, 4.69) is 30.3 Å². The summed E-state index contributed by atoms with van der Waals surface area (Å²) in [5.41, 5.74) is 3.70. The number of hydrogen-bond acceptors (Lipinski definition) is 2. The fourth-order valence-corrected chi connectivity index (χ4v) is 3.19. The third kappa shape index (κ3) is 2.22. The SMILES string of the molecule is Cc1ccnc2c1nc(CCCl)n2CC1(C(C)C)CC1. The van der Waals surface area contributed by atoms with Gasteiger partial charge in [-0.3, -0.25) is 0 Å². The van der Waals surface area contributed by atoms with Crippen LogP contribution in [0.25, 0.3) is 11.2 Å². The standard InChI is InChI=1S/C16H22ClN3/c1-11(2)16(6-7-16)10-20-13(4-8-17)19-14-12(3)5-9-18-15(14)20/h5,9,11H,4,6-8,10H2,1-3H3. The third-order valence-corrected chi connectivity index (χ3v) is 5.01. The summed E-state index contributed by atoms with van der Waals surface area (Å²) in [4.78, 5) is 9.36. The molecule has 1 fully saturated rings. The van der Waals surface area contributed by atoms with Crippen molar-refractivity contribution in [2.75, 3.05) is 5.88 Å². The lowest BCUT2D eigenvalue weighted by atomic mass is 9.92. The molecule has 0 saturated heterocycles. The van der Waals surface area contributed by atoms with Crippen molar-refractivity contribution in [3.63, 3.8) is 0 Å². The molecule has 0 N–H and O–H groups in total. The molecule has 0 aliphatic heterocycles. The van der Waals surface area contributed by atoms with Crippen LogP contribution in [0, 0.1) is 18.3 Å². The smallest absolute Gasteiger partial charge is 0.160 e. The third-order valence-electron chi connectivity index (χ3n) is 4.82. The first-order valence-electron chi connectivity index (χ1n) is 7.44. The van der Waals surface area contributed by atoms with Crippen molar-refractivity contribution in [3.05, 3.63) is 23.7 Å². The number of halogens is 1. The Labute approximate surface area is 125 Å². The van der Waals surface area contributed by atoms with Gasteiger partial charge in [0, 0.05) is 25.0 Å². The lowest BCUT2D eigenvalue weighted by Crippen LogP contribution is -2.19. The zero-order valence-corrected chi connectivity index (χ0v) is 13.2. The minimum atomic E-state index is 0.445. The average molecular weight is 292 g/mol. The van der Waals surface area contributed by atoms with Gasteiger partial charge in [0.1, 0.15) is 11.3 Å². The second-order valence-corrected chi connectivity index (χ2v) is 6.75. The summed E-state index contributed by atoms with van der Waals surface area (Å²) in [6.45, 7) is 7.78. The fourth-order valence-electron chi connectivity index (χ4n) is 3.02. The van der Waals surface area contributed by atoms with E-state index >= 15 is 0 Å². The first-order valence-corrected chi connectivity index (χ1v) is 7.97. The highest BCUT2D eigenvalue weighted by Gasteiger charge is 2.46. The van der Waals surface area contributed by atoms with Crippen LogP contribution in [0.1, 0.15) is 38.1 Å². The molecule has 4 heteroatoms. The molecule has 1 aliphatic rings. The zero-order valence-electron chi connectivity index (χ0n) is 12.5. The number of pyridine rings is 1. The normalized spacial score (nSPS) is 17.1. The maximum Gasteiger partial charge on any atom is 0.160 e. The van der Waals surface area contributed by atoms with Crippen molar-refractivity contribution in [2.24, 2.45) is 11.3 Å². The summed E-state index contributed by atoms with van der Waals surface area (Å²) in [5, 5.41) is 0. The molecule has 20 heavy (non-hydrogen) atoms. The number of nitrogens with zero attached hydrogens (tertiary/aromatic N) is 3. The van der Waals surface area contributed by atoms with Gasteiger partial charge in [0.25, 0.3) is 0 Å². The Morgan fingerprint density at radius 2 is 2.15 bits per heavy atom. The molecule has 1 aliphatic carbocycles. The second kappa shape index (κ2) is 5.03. The van der Waals surface area contributed by atoms with Gasteiger partial charge in [0.2, 0.25) is 0 Å². The number of imidazole rings is 1. The Balaban J connectivity index is 2.07. The summed E-state index contributed by atoms with van der Waals surface area (Å²) in [6, 6.07) is 2.03. The molecule has 2 heterocycles. The number of alkyl halides is 1. The van der Waals surface area contributed by atoms with Crippen LogP contribution in [-0.4, -0.2) is 20.4 Å². The van der Waals surface area contributed by atoms with E-state index in [1.165, 1.54) is 18.4 Å². The molecule has 1 saturated carbocycles. The molecular formula is C16H22ClN3. The van der Waals surface area contributed by atoms with Gasteiger partial charge in [-0.25, -0.2) is 9.97 Å². The van der Waals surface area contributed by atoms with Gasteiger partial charge >= 0.3 is 0 Å². The molecule has 108 valence electrons. The molecular weight excluding hydrogens is 270 g/mol. The number of hydrogen-bond donors (Lipinski definition) is 0.